The lowest BCUT2D eigenvalue weighted by atomic mass is 10.0. The van der Waals surface area contributed by atoms with Crippen LogP contribution in [0.4, 0.5) is 26.3 Å². The number of halogens is 6. The molecule has 0 atom stereocenters. The van der Waals surface area contributed by atoms with Crippen molar-refractivity contribution in [3.63, 3.8) is 0 Å². The summed E-state index contributed by atoms with van der Waals surface area (Å²) in [6.07, 6.45) is -9.91. The maximum Gasteiger partial charge on any atom is 0.419 e. The summed E-state index contributed by atoms with van der Waals surface area (Å²) in [5.41, 5.74) is -4.35. The van der Waals surface area contributed by atoms with E-state index in [0.717, 1.165) is 0 Å². The zero-order valence-corrected chi connectivity index (χ0v) is 8.34. The van der Waals surface area contributed by atoms with Crippen molar-refractivity contribution in [1.29, 1.82) is 0 Å². The van der Waals surface area contributed by atoms with Gasteiger partial charge in [-0.3, -0.25) is 0 Å². The largest absolute Gasteiger partial charge is 0.507 e. The van der Waals surface area contributed by atoms with E-state index in [1.54, 1.807) is 0 Å². The smallest absolute Gasteiger partial charge is 0.419 e. The third kappa shape index (κ3) is 2.84. The van der Waals surface area contributed by atoms with Gasteiger partial charge in [-0.25, -0.2) is 0 Å². The van der Waals surface area contributed by atoms with E-state index in [2.05, 4.69) is 5.16 Å². The third-order valence-corrected chi connectivity index (χ3v) is 1.97. The number of phenols is 1. The second-order valence-electron chi connectivity index (χ2n) is 3.20. The molecule has 3 nitrogen and oxygen atoms in total. The summed E-state index contributed by atoms with van der Waals surface area (Å²) < 4.78 is 74.3. The zero-order valence-electron chi connectivity index (χ0n) is 8.34. The average Bonchev–Trinajstić information content (AvgIpc) is 2.17. The SMILES string of the molecule is ON=Cc1cc(C(F)(F)F)cc(C(F)(F)F)c1O. The minimum Gasteiger partial charge on any atom is -0.507 e. The second-order valence-corrected chi connectivity index (χ2v) is 3.20. The maximum absolute atomic E-state index is 12.4. The van der Waals surface area contributed by atoms with Crippen molar-refractivity contribution in [3.8, 4) is 5.75 Å². The van der Waals surface area contributed by atoms with Gasteiger partial charge in [-0.05, 0) is 12.1 Å². The van der Waals surface area contributed by atoms with Gasteiger partial charge in [0, 0.05) is 5.56 Å². The number of nitrogens with zero attached hydrogens (tertiary/aromatic N) is 1. The Morgan fingerprint density at radius 1 is 1.00 bits per heavy atom. The molecule has 0 bridgehead atoms. The molecule has 0 heterocycles. The summed E-state index contributed by atoms with van der Waals surface area (Å²) in [6, 6.07) is 0.0222. The van der Waals surface area contributed by atoms with Crippen LogP contribution in [0.2, 0.25) is 0 Å². The van der Waals surface area contributed by atoms with Crippen LogP contribution in [-0.4, -0.2) is 16.5 Å². The summed E-state index contributed by atoms with van der Waals surface area (Å²) in [5.74, 6) is -1.44. The first-order valence-corrected chi connectivity index (χ1v) is 4.26. The predicted molar refractivity (Wildman–Crippen MR) is 47.5 cm³/mol. The molecule has 0 saturated heterocycles. The summed E-state index contributed by atoms with van der Waals surface area (Å²) in [5, 5.41) is 19.6. The van der Waals surface area contributed by atoms with E-state index in [0.29, 0.717) is 0 Å². The summed E-state index contributed by atoms with van der Waals surface area (Å²) in [4.78, 5) is 0. The lowest BCUT2D eigenvalue weighted by Crippen LogP contribution is -2.12. The van der Waals surface area contributed by atoms with Crippen molar-refractivity contribution in [1.82, 2.24) is 0 Å². The Hall–Kier alpha value is -1.93. The van der Waals surface area contributed by atoms with Gasteiger partial charge in [0.25, 0.3) is 0 Å². The topological polar surface area (TPSA) is 52.8 Å². The Kier molecular flexibility index (Phi) is 3.45. The second kappa shape index (κ2) is 4.39. The Labute approximate surface area is 96.0 Å². The number of aromatic hydroxyl groups is 1. The number of phenolic OH excluding ortho intramolecular Hbond substituents is 1. The van der Waals surface area contributed by atoms with E-state index in [1.807, 2.05) is 0 Å². The first kappa shape index (κ1) is 14.1. The van der Waals surface area contributed by atoms with Crippen LogP contribution in [0.1, 0.15) is 16.7 Å². The lowest BCUT2D eigenvalue weighted by Gasteiger charge is -2.14. The fourth-order valence-electron chi connectivity index (χ4n) is 1.20. The number of rotatable bonds is 1. The molecule has 0 radical (unpaired) electrons. The molecule has 1 aromatic rings. The molecular formula is C9H5F6NO2. The van der Waals surface area contributed by atoms with Gasteiger partial charge in [0.05, 0.1) is 17.3 Å². The predicted octanol–water partition coefficient (Wildman–Crippen LogP) is 3.24. The number of oxime groups is 1. The first-order chi connectivity index (χ1) is 8.07. The van der Waals surface area contributed by atoms with Crippen molar-refractivity contribution in [2.45, 2.75) is 12.4 Å². The fraction of sp³-hybridized carbons (Fsp3) is 0.222. The molecule has 0 saturated carbocycles. The lowest BCUT2D eigenvalue weighted by molar-refractivity contribution is -0.143. The van der Waals surface area contributed by atoms with Crippen LogP contribution in [-0.2, 0) is 12.4 Å². The van der Waals surface area contributed by atoms with Crippen LogP contribution in [0.5, 0.6) is 5.75 Å². The van der Waals surface area contributed by atoms with E-state index in [9.17, 15) is 26.3 Å². The molecule has 0 fully saturated rings. The Morgan fingerprint density at radius 3 is 1.94 bits per heavy atom. The van der Waals surface area contributed by atoms with Crippen molar-refractivity contribution >= 4 is 6.21 Å². The quantitative estimate of drug-likeness (QED) is 0.357. The first-order valence-electron chi connectivity index (χ1n) is 4.26. The average molecular weight is 273 g/mol. The number of benzene rings is 1. The Bertz CT molecular complexity index is 477. The molecule has 100 valence electrons. The maximum atomic E-state index is 12.4. The van der Waals surface area contributed by atoms with Crippen molar-refractivity contribution in [2.75, 3.05) is 0 Å². The number of hydrogen-bond donors (Lipinski definition) is 2. The highest BCUT2D eigenvalue weighted by Crippen LogP contribution is 2.41. The molecule has 0 aliphatic rings. The van der Waals surface area contributed by atoms with E-state index in [1.165, 1.54) is 0 Å². The Morgan fingerprint density at radius 2 is 1.56 bits per heavy atom. The molecule has 9 heteroatoms. The molecule has 2 N–H and O–H groups in total. The van der Waals surface area contributed by atoms with Gasteiger partial charge in [0.15, 0.2) is 0 Å². The highest BCUT2D eigenvalue weighted by atomic mass is 19.4. The Balaban J connectivity index is 3.57. The third-order valence-electron chi connectivity index (χ3n) is 1.97. The molecule has 1 aromatic carbocycles. The van der Waals surface area contributed by atoms with Crippen LogP contribution in [0.3, 0.4) is 0 Å². The molecule has 0 aliphatic carbocycles. The van der Waals surface area contributed by atoms with Crippen LogP contribution < -0.4 is 0 Å². The summed E-state index contributed by atoms with van der Waals surface area (Å²) in [6.45, 7) is 0. The zero-order chi connectivity index (χ0) is 14.1. The minimum absolute atomic E-state index is 0.218. The van der Waals surface area contributed by atoms with Gasteiger partial charge in [-0.15, -0.1) is 0 Å². The highest BCUT2D eigenvalue weighted by molar-refractivity contribution is 5.84. The van der Waals surface area contributed by atoms with Crippen molar-refractivity contribution in [2.24, 2.45) is 5.16 Å². The molecule has 0 unspecified atom stereocenters. The molecule has 0 spiro atoms. The van der Waals surface area contributed by atoms with Crippen LogP contribution in [0.15, 0.2) is 17.3 Å². The number of hydrogen-bond acceptors (Lipinski definition) is 3. The van der Waals surface area contributed by atoms with E-state index in [4.69, 9.17) is 10.3 Å². The number of alkyl halides is 6. The standard InChI is InChI=1S/C9H5F6NO2/c10-8(11,12)5-1-4(3-16-18)7(17)6(2-5)9(13,14)15/h1-3,17-18H. The van der Waals surface area contributed by atoms with Gasteiger partial charge in [0.2, 0.25) is 0 Å². The van der Waals surface area contributed by atoms with Gasteiger partial charge in [-0.1, -0.05) is 5.16 Å². The molecule has 0 aliphatic heterocycles. The monoisotopic (exact) mass is 273 g/mol. The minimum atomic E-state index is -5.16. The van der Waals surface area contributed by atoms with Crippen LogP contribution in [0, 0.1) is 0 Å². The molecule has 18 heavy (non-hydrogen) atoms. The summed E-state index contributed by atoms with van der Waals surface area (Å²) >= 11 is 0. The van der Waals surface area contributed by atoms with E-state index < -0.39 is 34.8 Å². The normalized spacial score (nSPS) is 13.2. The van der Waals surface area contributed by atoms with Crippen molar-refractivity contribution in [3.05, 3.63) is 28.8 Å². The molecule has 0 amide bonds. The van der Waals surface area contributed by atoms with Crippen LogP contribution >= 0.6 is 0 Å². The van der Waals surface area contributed by atoms with Gasteiger partial charge in [-0.2, -0.15) is 26.3 Å². The van der Waals surface area contributed by atoms with Gasteiger partial charge < -0.3 is 10.3 Å². The van der Waals surface area contributed by atoms with Crippen molar-refractivity contribution < 1.29 is 36.7 Å². The molecular weight excluding hydrogens is 268 g/mol. The van der Waals surface area contributed by atoms with Crippen LogP contribution in [0.25, 0.3) is 0 Å². The fourth-order valence-corrected chi connectivity index (χ4v) is 1.20. The van der Waals surface area contributed by atoms with E-state index >= 15 is 0 Å². The molecule has 1 rings (SSSR count). The van der Waals surface area contributed by atoms with Gasteiger partial charge in [0.1, 0.15) is 5.75 Å². The summed E-state index contributed by atoms with van der Waals surface area (Å²) in [7, 11) is 0. The van der Waals surface area contributed by atoms with E-state index in [-0.39, 0.29) is 18.3 Å². The molecule has 0 aromatic heterocycles. The highest BCUT2D eigenvalue weighted by Gasteiger charge is 2.39. The van der Waals surface area contributed by atoms with Gasteiger partial charge >= 0.3 is 12.4 Å².